The van der Waals surface area contributed by atoms with Crippen LogP contribution in [0.5, 0.6) is 11.5 Å². The SMILES string of the molecule is O=C(Nc1cc2c(cc1Cl)OCCO2)c1cnn(Cc2ccccc2)c1. The molecule has 1 aliphatic heterocycles. The van der Waals surface area contributed by atoms with Crippen molar-refractivity contribution >= 4 is 23.2 Å². The lowest BCUT2D eigenvalue weighted by atomic mass is 10.2. The molecule has 0 saturated heterocycles. The number of ether oxygens (including phenoxy) is 2. The number of nitrogens with one attached hydrogen (secondary N) is 1. The number of carbonyl (C=O) groups is 1. The molecule has 0 radical (unpaired) electrons. The molecule has 132 valence electrons. The van der Waals surface area contributed by atoms with Gasteiger partial charge in [-0.25, -0.2) is 0 Å². The molecular weight excluding hydrogens is 354 g/mol. The standard InChI is InChI=1S/C19H16ClN3O3/c20-15-8-17-18(26-7-6-25-17)9-16(15)22-19(24)14-10-21-23(12-14)11-13-4-2-1-3-5-13/h1-5,8-10,12H,6-7,11H2,(H,22,24). The van der Waals surface area contributed by atoms with E-state index in [-0.39, 0.29) is 5.91 Å². The largest absolute Gasteiger partial charge is 0.486 e. The molecule has 4 rings (SSSR count). The Balaban J connectivity index is 1.49. The Morgan fingerprint density at radius 2 is 1.88 bits per heavy atom. The number of carbonyl (C=O) groups excluding carboxylic acids is 1. The summed E-state index contributed by atoms with van der Waals surface area (Å²) in [5.74, 6) is 0.855. The van der Waals surface area contributed by atoms with Gasteiger partial charge in [-0.05, 0) is 5.56 Å². The highest BCUT2D eigenvalue weighted by Gasteiger charge is 2.17. The average Bonchev–Trinajstić information content (AvgIpc) is 3.12. The fourth-order valence-corrected chi connectivity index (χ4v) is 2.89. The van der Waals surface area contributed by atoms with Gasteiger partial charge in [0.25, 0.3) is 5.91 Å². The second-order valence-electron chi connectivity index (χ2n) is 5.84. The van der Waals surface area contributed by atoms with Gasteiger partial charge in [0.05, 0.1) is 29.0 Å². The lowest BCUT2D eigenvalue weighted by Crippen LogP contribution is -2.16. The van der Waals surface area contributed by atoms with Crippen LogP contribution in [0.2, 0.25) is 5.02 Å². The van der Waals surface area contributed by atoms with Crippen molar-refractivity contribution in [3.63, 3.8) is 0 Å². The van der Waals surface area contributed by atoms with Crippen LogP contribution in [0.4, 0.5) is 5.69 Å². The third-order valence-electron chi connectivity index (χ3n) is 3.96. The smallest absolute Gasteiger partial charge is 0.258 e. The zero-order valence-corrected chi connectivity index (χ0v) is 14.6. The molecule has 26 heavy (non-hydrogen) atoms. The number of fused-ring (bicyclic) bond motifs is 1. The average molecular weight is 370 g/mol. The van der Waals surface area contributed by atoms with E-state index < -0.39 is 0 Å². The number of halogens is 1. The summed E-state index contributed by atoms with van der Waals surface area (Å²) >= 11 is 6.23. The van der Waals surface area contributed by atoms with Crippen molar-refractivity contribution in [3.8, 4) is 11.5 Å². The van der Waals surface area contributed by atoms with E-state index >= 15 is 0 Å². The third kappa shape index (κ3) is 3.50. The van der Waals surface area contributed by atoms with E-state index in [9.17, 15) is 4.79 Å². The summed E-state index contributed by atoms with van der Waals surface area (Å²) in [6.07, 6.45) is 3.23. The number of hydrogen-bond donors (Lipinski definition) is 1. The number of hydrogen-bond acceptors (Lipinski definition) is 4. The lowest BCUT2D eigenvalue weighted by molar-refractivity contribution is 0.102. The number of aromatic nitrogens is 2. The number of nitrogens with zero attached hydrogens (tertiary/aromatic N) is 2. The van der Waals surface area contributed by atoms with Gasteiger partial charge >= 0.3 is 0 Å². The van der Waals surface area contributed by atoms with Crippen molar-refractivity contribution in [1.29, 1.82) is 0 Å². The summed E-state index contributed by atoms with van der Waals surface area (Å²) in [6, 6.07) is 13.2. The summed E-state index contributed by atoms with van der Waals surface area (Å²) in [5, 5.41) is 7.43. The molecule has 1 aromatic heterocycles. The van der Waals surface area contributed by atoms with E-state index in [0.717, 1.165) is 5.56 Å². The molecule has 0 fully saturated rings. The molecule has 7 heteroatoms. The predicted octanol–water partition coefficient (Wildman–Crippen LogP) is 3.61. The van der Waals surface area contributed by atoms with Gasteiger partial charge in [-0.1, -0.05) is 41.9 Å². The molecule has 1 N–H and O–H groups in total. The number of benzene rings is 2. The highest BCUT2D eigenvalue weighted by Crippen LogP contribution is 2.38. The third-order valence-corrected chi connectivity index (χ3v) is 4.28. The van der Waals surface area contributed by atoms with Crippen LogP contribution in [-0.2, 0) is 6.54 Å². The Hall–Kier alpha value is -2.99. The first-order valence-electron chi connectivity index (χ1n) is 8.16. The van der Waals surface area contributed by atoms with Crippen LogP contribution in [0.15, 0.2) is 54.9 Å². The first kappa shape index (κ1) is 16.5. The Labute approximate surface area is 155 Å². The van der Waals surface area contributed by atoms with E-state index in [2.05, 4.69) is 10.4 Å². The molecule has 3 aromatic rings. The van der Waals surface area contributed by atoms with Crippen molar-refractivity contribution in [2.75, 3.05) is 18.5 Å². The van der Waals surface area contributed by atoms with Gasteiger partial charge in [-0.15, -0.1) is 0 Å². The van der Waals surface area contributed by atoms with E-state index in [0.29, 0.717) is 47.5 Å². The minimum atomic E-state index is -0.289. The van der Waals surface area contributed by atoms with Gasteiger partial charge in [0.15, 0.2) is 11.5 Å². The fraction of sp³-hybridized carbons (Fsp3) is 0.158. The molecule has 0 saturated carbocycles. The first-order valence-corrected chi connectivity index (χ1v) is 8.54. The maximum absolute atomic E-state index is 12.5. The van der Waals surface area contributed by atoms with Crippen LogP contribution in [0.1, 0.15) is 15.9 Å². The molecule has 0 aliphatic carbocycles. The molecule has 0 bridgehead atoms. The number of rotatable bonds is 4. The minimum absolute atomic E-state index is 0.289. The van der Waals surface area contributed by atoms with Crippen LogP contribution in [-0.4, -0.2) is 28.9 Å². The topological polar surface area (TPSA) is 65.4 Å². The second kappa shape index (κ2) is 7.09. The Morgan fingerprint density at radius 1 is 1.15 bits per heavy atom. The molecular formula is C19H16ClN3O3. The maximum atomic E-state index is 12.5. The monoisotopic (exact) mass is 369 g/mol. The van der Waals surface area contributed by atoms with Crippen LogP contribution >= 0.6 is 11.6 Å². The van der Waals surface area contributed by atoms with Crippen molar-refractivity contribution in [3.05, 3.63) is 71.0 Å². The van der Waals surface area contributed by atoms with E-state index in [1.807, 2.05) is 30.3 Å². The number of amides is 1. The Morgan fingerprint density at radius 3 is 2.65 bits per heavy atom. The first-order chi connectivity index (χ1) is 12.7. The summed E-state index contributed by atoms with van der Waals surface area (Å²) in [6.45, 7) is 1.54. The molecule has 0 unspecified atom stereocenters. The molecule has 2 aromatic carbocycles. The highest BCUT2D eigenvalue weighted by atomic mass is 35.5. The lowest BCUT2D eigenvalue weighted by Gasteiger charge is -2.19. The highest BCUT2D eigenvalue weighted by molar-refractivity contribution is 6.34. The molecule has 0 atom stereocenters. The zero-order chi connectivity index (χ0) is 17.9. The van der Waals surface area contributed by atoms with E-state index in [4.69, 9.17) is 21.1 Å². The van der Waals surface area contributed by atoms with Gasteiger partial charge in [-0.3, -0.25) is 9.48 Å². The molecule has 2 heterocycles. The van der Waals surface area contributed by atoms with E-state index in [1.165, 1.54) is 6.20 Å². The second-order valence-corrected chi connectivity index (χ2v) is 6.25. The summed E-state index contributed by atoms with van der Waals surface area (Å²) in [4.78, 5) is 12.5. The van der Waals surface area contributed by atoms with Crippen molar-refractivity contribution in [2.24, 2.45) is 0 Å². The molecule has 1 aliphatic rings. The van der Waals surface area contributed by atoms with Crippen LogP contribution in [0.3, 0.4) is 0 Å². The Kier molecular flexibility index (Phi) is 4.50. The summed E-state index contributed by atoms with van der Waals surface area (Å²) in [5.41, 5.74) is 2.03. The van der Waals surface area contributed by atoms with Crippen LogP contribution in [0.25, 0.3) is 0 Å². The normalized spacial score (nSPS) is 12.7. The fourth-order valence-electron chi connectivity index (χ4n) is 2.69. The quantitative estimate of drug-likeness (QED) is 0.763. The van der Waals surface area contributed by atoms with Crippen molar-refractivity contribution < 1.29 is 14.3 Å². The van der Waals surface area contributed by atoms with Gasteiger partial charge in [-0.2, -0.15) is 5.10 Å². The maximum Gasteiger partial charge on any atom is 0.258 e. The van der Waals surface area contributed by atoms with Crippen LogP contribution in [0, 0.1) is 0 Å². The molecule has 0 spiro atoms. The molecule has 1 amide bonds. The molecule has 6 nitrogen and oxygen atoms in total. The summed E-state index contributed by atoms with van der Waals surface area (Å²) < 4.78 is 12.7. The predicted molar refractivity (Wildman–Crippen MR) is 98.2 cm³/mol. The van der Waals surface area contributed by atoms with Gasteiger partial charge in [0, 0.05) is 18.3 Å². The van der Waals surface area contributed by atoms with E-state index in [1.54, 1.807) is 23.0 Å². The van der Waals surface area contributed by atoms with Crippen molar-refractivity contribution in [1.82, 2.24) is 9.78 Å². The summed E-state index contributed by atoms with van der Waals surface area (Å²) in [7, 11) is 0. The minimum Gasteiger partial charge on any atom is -0.486 e. The van der Waals surface area contributed by atoms with Crippen LogP contribution < -0.4 is 14.8 Å². The van der Waals surface area contributed by atoms with Crippen molar-refractivity contribution in [2.45, 2.75) is 6.54 Å². The van der Waals surface area contributed by atoms with Gasteiger partial charge in [0.2, 0.25) is 0 Å². The Bertz CT molecular complexity index is 940. The number of anilines is 1. The van der Waals surface area contributed by atoms with Gasteiger partial charge < -0.3 is 14.8 Å². The zero-order valence-electron chi connectivity index (χ0n) is 13.8. The van der Waals surface area contributed by atoms with Gasteiger partial charge in [0.1, 0.15) is 13.2 Å².